The summed E-state index contributed by atoms with van der Waals surface area (Å²) in [6.45, 7) is 6.29. The second-order valence-electron chi connectivity index (χ2n) is 4.64. The number of nitrogens with two attached hydrogens (primary N) is 1. The van der Waals surface area contributed by atoms with Gasteiger partial charge in [-0.05, 0) is 25.0 Å². The average molecular weight is 218 g/mol. The monoisotopic (exact) mass is 218 g/mol. The molecule has 2 heterocycles. The fourth-order valence-corrected chi connectivity index (χ4v) is 1.77. The summed E-state index contributed by atoms with van der Waals surface area (Å²) in [5.41, 5.74) is 7.78. The highest BCUT2D eigenvalue weighted by molar-refractivity contribution is 5.39. The van der Waals surface area contributed by atoms with Crippen molar-refractivity contribution in [3.63, 3.8) is 0 Å². The van der Waals surface area contributed by atoms with Gasteiger partial charge in [0.1, 0.15) is 0 Å². The molecule has 86 valence electrons. The van der Waals surface area contributed by atoms with E-state index in [0.29, 0.717) is 5.92 Å². The van der Waals surface area contributed by atoms with E-state index in [4.69, 9.17) is 5.73 Å². The molecule has 0 aliphatic carbocycles. The Bertz CT molecular complexity index is 485. The smallest absolute Gasteiger partial charge is 0.155 e. The lowest BCUT2D eigenvalue weighted by molar-refractivity contribution is 0.616. The molecule has 0 amide bonds. The Labute approximate surface area is 95.5 Å². The van der Waals surface area contributed by atoms with Crippen LogP contribution in [0.2, 0.25) is 0 Å². The molecule has 0 aliphatic rings. The van der Waals surface area contributed by atoms with Gasteiger partial charge in [-0.2, -0.15) is 5.10 Å². The number of hydrogen-bond donors (Lipinski definition) is 1. The zero-order valence-electron chi connectivity index (χ0n) is 10.0. The molecule has 2 rings (SSSR count). The van der Waals surface area contributed by atoms with Crippen molar-refractivity contribution in [1.82, 2.24) is 14.6 Å². The summed E-state index contributed by atoms with van der Waals surface area (Å²) in [6.07, 6.45) is 0.903. The molecule has 0 fully saturated rings. The number of nitrogens with zero attached hydrogens (tertiary/aromatic N) is 3. The standard InChI is InChI=1S/C12H18N4/c1-8(2)7-11-14-12-6-4-5-10(9(3)13)16(12)15-11/h4-6,8-9H,7,13H2,1-3H3. The molecule has 4 nitrogen and oxygen atoms in total. The van der Waals surface area contributed by atoms with Gasteiger partial charge >= 0.3 is 0 Å². The van der Waals surface area contributed by atoms with Crippen molar-refractivity contribution >= 4 is 5.65 Å². The van der Waals surface area contributed by atoms with Crippen LogP contribution in [0.15, 0.2) is 18.2 Å². The van der Waals surface area contributed by atoms with Crippen molar-refractivity contribution in [2.75, 3.05) is 0 Å². The second-order valence-corrected chi connectivity index (χ2v) is 4.64. The van der Waals surface area contributed by atoms with E-state index < -0.39 is 0 Å². The van der Waals surface area contributed by atoms with Gasteiger partial charge in [0, 0.05) is 12.5 Å². The van der Waals surface area contributed by atoms with E-state index in [9.17, 15) is 0 Å². The lowest BCUT2D eigenvalue weighted by atomic mass is 10.1. The van der Waals surface area contributed by atoms with Crippen molar-refractivity contribution in [3.8, 4) is 0 Å². The van der Waals surface area contributed by atoms with Crippen LogP contribution in [0.1, 0.15) is 38.3 Å². The van der Waals surface area contributed by atoms with E-state index in [1.807, 2.05) is 29.6 Å². The first-order valence-electron chi connectivity index (χ1n) is 5.68. The molecule has 2 N–H and O–H groups in total. The van der Waals surface area contributed by atoms with Crippen molar-refractivity contribution < 1.29 is 0 Å². The third-order valence-electron chi connectivity index (χ3n) is 2.49. The van der Waals surface area contributed by atoms with Gasteiger partial charge in [-0.15, -0.1) is 0 Å². The molecule has 0 saturated heterocycles. The molecule has 0 bridgehead atoms. The maximum absolute atomic E-state index is 5.90. The van der Waals surface area contributed by atoms with Crippen LogP contribution < -0.4 is 5.73 Å². The third-order valence-corrected chi connectivity index (χ3v) is 2.49. The fraction of sp³-hybridized carbons (Fsp3) is 0.500. The highest BCUT2D eigenvalue weighted by atomic mass is 15.3. The van der Waals surface area contributed by atoms with Gasteiger partial charge in [-0.3, -0.25) is 0 Å². The van der Waals surface area contributed by atoms with Gasteiger partial charge in [0.2, 0.25) is 0 Å². The molecule has 2 aromatic rings. The zero-order chi connectivity index (χ0) is 11.7. The Morgan fingerprint density at radius 1 is 1.31 bits per heavy atom. The Kier molecular flexibility index (Phi) is 2.92. The molecule has 0 radical (unpaired) electrons. The first-order chi connectivity index (χ1) is 7.58. The minimum atomic E-state index is -0.0303. The summed E-state index contributed by atoms with van der Waals surface area (Å²) in [4.78, 5) is 4.49. The number of rotatable bonds is 3. The minimum Gasteiger partial charge on any atom is -0.323 e. The Hall–Kier alpha value is -1.42. The molecule has 0 saturated carbocycles. The van der Waals surface area contributed by atoms with E-state index >= 15 is 0 Å². The summed E-state index contributed by atoms with van der Waals surface area (Å²) in [5.74, 6) is 1.46. The average Bonchev–Trinajstić information content (AvgIpc) is 2.57. The maximum atomic E-state index is 5.90. The molecule has 0 spiro atoms. The zero-order valence-corrected chi connectivity index (χ0v) is 10.0. The van der Waals surface area contributed by atoms with Crippen LogP contribution in [0, 0.1) is 5.92 Å². The molecule has 0 aliphatic heterocycles. The van der Waals surface area contributed by atoms with Crippen LogP contribution in [-0.4, -0.2) is 14.6 Å². The topological polar surface area (TPSA) is 56.2 Å². The highest BCUT2D eigenvalue weighted by Gasteiger charge is 2.10. The minimum absolute atomic E-state index is 0.0303. The largest absolute Gasteiger partial charge is 0.323 e. The Balaban J connectivity index is 2.48. The SMILES string of the molecule is CC(C)Cc1nc2cccc(C(C)N)n2n1. The molecule has 0 aromatic carbocycles. The van der Waals surface area contributed by atoms with E-state index in [0.717, 1.165) is 23.6 Å². The predicted molar refractivity (Wildman–Crippen MR) is 64.1 cm³/mol. The Morgan fingerprint density at radius 3 is 2.69 bits per heavy atom. The van der Waals surface area contributed by atoms with Crippen LogP contribution >= 0.6 is 0 Å². The molecule has 4 heteroatoms. The van der Waals surface area contributed by atoms with E-state index in [1.165, 1.54) is 0 Å². The van der Waals surface area contributed by atoms with E-state index in [1.54, 1.807) is 0 Å². The second kappa shape index (κ2) is 4.22. The quantitative estimate of drug-likeness (QED) is 0.856. The first kappa shape index (κ1) is 11.1. The van der Waals surface area contributed by atoms with Crippen LogP contribution in [0.4, 0.5) is 0 Å². The lowest BCUT2D eigenvalue weighted by Gasteiger charge is -2.06. The number of fused-ring (bicyclic) bond motifs is 1. The lowest BCUT2D eigenvalue weighted by Crippen LogP contribution is -2.11. The van der Waals surface area contributed by atoms with Crippen LogP contribution in [0.25, 0.3) is 5.65 Å². The molecular formula is C12H18N4. The normalized spacial score (nSPS) is 13.6. The maximum Gasteiger partial charge on any atom is 0.155 e. The van der Waals surface area contributed by atoms with Gasteiger partial charge in [0.15, 0.2) is 11.5 Å². The summed E-state index contributed by atoms with van der Waals surface area (Å²) in [7, 11) is 0. The van der Waals surface area contributed by atoms with Crippen molar-refractivity contribution in [3.05, 3.63) is 29.7 Å². The van der Waals surface area contributed by atoms with Crippen LogP contribution in [0.5, 0.6) is 0 Å². The van der Waals surface area contributed by atoms with Crippen molar-refractivity contribution in [2.24, 2.45) is 11.7 Å². The van der Waals surface area contributed by atoms with Crippen LogP contribution in [-0.2, 0) is 6.42 Å². The first-order valence-corrected chi connectivity index (χ1v) is 5.68. The van der Waals surface area contributed by atoms with Gasteiger partial charge in [0.25, 0.3) is 0 Å². The van der Waals surface area contributed by atoms with Gasteiger partial charge in [-0.25, -0.2) is 9.50 Å². The molecule has 16 heavy (non-hydrogen) atoms. The molecule has 2 aromatic heterocycles. The number of hydrogen-bond acceptors (Lipinski definition) is 3. The van der Waals surface area contributed by atoms with E-state index in [-0.39, 0.29) is 6.04 Å². The summed E-state index contributed by atoms with van der Waals surface area (Å²) < 4.78 is 1.85. The fourth-order valence-electron chi connectivity index (χ4n) is 1.77. The number of aromatic nitrogens is 3. The third kappa shape index (κ3) is 2.07. The van der Waals surface area contributed by atoms with Gasteiger partial charge in [0.05, 0.1) is 5.69 Å². The molecule has 1 atom stereocenters. The predicted octanol–water partition coefficient (Wildman–Crippen LogP) is 1.95. The summed E-state index contributed by atoms with van der Waals surface area (Å²) in [5, 5.41) is 4.50. The van der Waals surface area contributed by atoms with Crippen molar-refractivity contribution in [2.45, 2.75) is 33.2 Å². The molecule has 1 unspecified atom stereocenters. The highest BCUT2D eigenvalue weighted by Crippen LogP contribution is 2.13. The van der Waals surface area contributed by atoms with Crippen LogP contribution in [0.3, 0.4) is 0 Å². The van der Waals surface area contributed by atoms with E-state index in [2.05, 4.69) is 23.9 Å². The van der Waals surface area contributed by atoms with Gasteiger partial charge < -0.3 is 5.73 Å². The number of pyridine rings is 1. The summed E-state index contributed by atoms with van der Waals surface area (Å²) >= 11 is 0. The molecular weight excluding hydrogens is 200 g/mol. The van der Waals surface area contributed by atoms with Crippen molar-refractivity contribution in [1.29, 1.82) is 0 Å². The summed E-state index contributed by atoms with van der Waals surface area (Å²) in [6, 6.07) is 5.90. The Morgan fingerprint density at radius 2 is 2.06 bits per heavy atom. The van der Waals surface area contributed by atoms with Gasteiger partial charge in [-0.1, -0.05) is 19.9 Å².